The van der Waals surface area contributed by atoms with Gasteiger partial charge >= 0.3 is 0 Å². The second kappa shape index (κ2) is 4.63. The highest BCUT2D eigenvalue weighted by molar-refractivity contribution is 5.15. The maximum atomic E-state index is 2.55. The Morgan fingerprint density at radius 3 is 2.60 bits per heavy atom. The van der Waals surface area contributed by atoms with E-state index < -0.39 is 0 Å². The first-order valence-corrected chi connectivity index (χ1v) is 5.73. The van der Waals surface area contributed by atoms with Gasteiger partial charge in [0.15, 0.2) is 0 Å². The molecule has 2 rings (SSSR count). The van der Waals surface area contributed by atoms with E-state index in [0.717, 1.165) is 6.54 Å². The molecule has 0 fully saturated rings. The Balaban J connectivity index is 2.08. The quantitative estimate of drug-likeness (QED) is 0.664. The maximum Gasteiger partial charge on any atom is 0.0256 e. The normalized spacial score (nSPS) is 26.8. The fraction of sp³-hybridized carbons (Fsp3) is 0.429. The predicted molar refractivity (Wildman–Crippen MR) is 64.7 cm³/mol. The lowest BCUT2D eigenvalue weighted by atomic mass is 10.0. The molecule has 0 radical (unpaired) electrons. The van der Waals surface area contributed by atoms with Crippen LogP contribution in [0.1, 0.15) is 25.8 Å². The molecule has 0 amide bonds. The van der Waals surface area contributed by atoms with Crippen molar-refractivity contribution < 1.29 is 0 Å². The average Bonchev–Trinajstić information content (AvgIpc) is 2.25. The number of nitrogens with zero attached hydrogens (tertiary/aromatic N) is 1. The van der Waals surface area contributed by atoms with Crippen molar-refractivity contribution in [3.8, 4) is 0 Å². The van der Waals surface area contributed by atoms with Crippen molar-refractivity contribution >= 4 is 0 Å². The van der Waals surface area contributed by atoms with E-state index in [1.165, 1.54) is 12.0 Å². The molecule has 1 heterocycles. The van der Waals surface area contributed by atoms with Gasteiger partial charge in [-0.1, -0.05) is 42.5 Å². The molecule has 2 atom stereocenters. The van der Waals surface area contributed by atoms with Gasteiger partial charge in [-0.05, 0) is 25.8 Å². The molecule has 0 aromatic heterocycles. The topological polar surface area (TPSA) is 3.24 Å². The zero-order valence-electron chi connectivity index (χ0n) is 9.56. The van der Waals surface area contributed by atoms with Gasteiger partial charge in [-0.25, -0.2) is 0 Å². The van der Waals surface area contributed by atoms with Crippen molar-refractivity contribution in [1.82, 2.24) is 4.90 Å². The molecule has 0 unspecified atom stereocenters. The maximum absolute atomic E-state index is 2.55. The summed E-state index contributed by atoms with van der Waals surface area (Å²) in [6.45, 7) is 5.64. The molecule has 0 spiro atoms. The van der Waals surface area contributed by atoms with Crippen LogP contribution < -0.4 is 0 Å². The Bertz CT molecular complexity index is 328. The van der Waals surface area contributed by atoms with E-state index in [1.807, 2.05) is 0 Å². The third kappa shape index (κ3) is 2.48. The summed E-state index contributed by atoms with van der Waals surface area (Å²) >= 11 is 0. The Hall–Kier alpha value is -1.08. The van der Waals surface area contributed by atoms with Crippen molar-refractivity contribution in [2.75, 3.05) is 0 Å². The summed E-state index contributed by atoms with van der Waals surface area (Å²) in [5.74, 6) is 0. The van der Waals surface area contributed by atoms with E-state index in [-0.39, 0.29) is 0 Å². The van der Waals surface area contributed by atoms with Crippen molar-refractivity contribution in [3.05, 3.63) is 48.0 Å². The van der Waals surface area contributed by atoms with Crippen LogP contribution in [0, 0.1) is 0 Å². The van der Waals surface area contributed by atoms with Crippen LogP contribution in [0.3, 0.4) is 0 Å². The van der Waals surface area contributed by atoms with E-state index in [4.69, 9.17) is 0 Å². The van der Waals surface area contributed by atoms with Crippen molar-refractivity contribution in [2.24, 2.45) is 0 Å². The van der Waals surface area contributed by atoms with Crippen LogP contribution in [0.5, 0.6) is 0 Å². The molecule has 15 heavy (non-hydrogen) atoms. The highest BCUT2D eigenvalue weighted by atomic mass is 15.2. The van der Waals surface area contributed by atoms with Gasteiger partial charge in [-0.2, -0.15) is 0 Å². The highest BCUT2D eigenvalue weighted by Gasteiger charge is 2.20. The molecule has 80 valence electrons. The minimum Gasteiger partial charge on any atom is -0.290 e. The summed E-state index contributed by atoms with van der Waals surface area (Å²) in [5.41, 5.74) is 1.41. The Morgan fingerprint density at radius 2 is 1.93 bits per heavy atom. The first kappa shape index (κ1) is 10.4. The smallest absolute Gasteiger partial charge is 0.0256 e. The van der Waals surface area contributed by atoms with E-state index in [9.17, 15) is 0 Å². The number of rotatable bonds is 2. The summed E-state index contributed by atoms with van der Waals surface area (Å²) in [7, 11) is 0. The largest absolute Gasteiger partial charge is 0.290 e. The monoisotopic (exact) mass is 201 g/mol. The lowest BCUT2D eigenvalue weighted by molar-refractivity contribution is 0.162. The van der Waals surface area contributed by atoms with Gasteiger partial charge in [0.05, 0.1) is 0 Å². The minimum atomic E-state index is 0.564. The molecule has 1 aliphatic heterocycles. The number of hydrogen-bond acceptors (Lipinski definition) is 1. The molecular formula is C14H19N. The first-order valence-electron chi connectivity index (χ1n) is 5.73. The van der Waals surface area contributed by atoms with Crippen LogP contribution in [-0.4, -0.2) is 17.0 Å². The fourth-order valence-corrected chi connectivity index (χ4v) is 2.21. The van der Waals surface area contributed by atoms with Crippen LogP contribution in [0.25, 0.3) is 0 Å². The van der Waals surface area contributed by atoms with Gasteiger partial charge in [-0.15, -0.1) is 0 Å². The third-order valence-electron chi connectivity index (χ3n) is 3.19. The molecule has 0 saturated heterocycles. The van der Waals surface area contributed by atoms with Crippen molar-refractivity contribution in [1.29, 1.82) is 0 Å². The first-order chi connectivity index (χ1) is 7.27. The molecule has 0 bridgehead atoms. The zero-order valence-corrected chi connectivity index (χ0v) is 9.56. The third-order valence-corrected chi connectivity index (χ3v) is 3.19. The molecular weight excluding hydrogens is 182 g/mol. The van der Waals surface area contributed by atoms with Crippen molar-refractivity contribution in [2.45, 2.75) is 38.9 Å². The Morgan fingerprint density at radius 1 is 1.20 bits per heavy atom. The molecule has 0 saturated carbocycles. The van der Waals surface area contributed by atoms with E-state index in [2.05, 4.69) is 61.2 Å². The summed E-state index contributed by atoms with van der Waals surface area (Å²) < 4.78 is 0. The lowest BCUT2D eigenvalue weighted by Gasteiger charge is -2.35. The SMILES string of the molecule is C[C@@H]1CC=C[C@H](C)N1Cc1ccccc1. The van der Waals surface area contributed by atoms with Gasteiger partial charge in [0, 0.05) is 18.6 Å². The summed E-state index contributed by atoms with van der Waals surface area (Å²) in [5, 5.41) is 0. The average molecular weight is 201 g/mol. The fourth-order valence-electron chi connectivity index (χ4n) is 2.21. The summed E-state index contributed by atoms with van der Waals surface area (Å²) in [6, 6.07) is 11.9. The number of benzene rings is 1. The highest BCUT2D eigenvalue weighted by Crippen LogP contribution is 2.19. The Labute approximate surface area is 92.4 Å². The summed E-state index contributed by atoms with van der Waals surface area (Å²) in [6.07, 6.45) is 5.79. The molecule has 1 aliphatic rings. The van der Waals surface area contributed by atoms with Crippen LogP contribution in [-0.2, 0) is 6.54 Å². The van der Waals surface area contributed by atoms with Crippen LogP contribution in [0.2, 0.25) is 0 Å². The lowest BCUT2D eigenvalue weighted by Crippen LogP contribution is -2.40. The van der Waals surface area contributed by atoms with E-state index in [0.29, 0.717) is 12.1 Å². The second-order valence-electron chi connectivity index (χ2n) is 4.41. The van der Waals surface area contributed by atoms with Crippen molar-refractivity contribution in [3.63, 3.8) is 0 Å². The van der Waals surface area contributed by atoms with Crippen LogP contribution >= 0.6 is 0 Å². The van der Waals surface area contributed by atoms with Gasteiger partial charge in [0.25, 0.3) is 0 Å². The predicted octanol–water partition coefficient (Wildman–Crippen LogP) is 3.23. The second-order valence-corrected chi connectivity index (χ2v) is 4.41. The molecule has 0 N–H and O–H groups in total. The van der Waals surface area contributed by atoms with Gasteiger partial charge < -0.3 is 0 Å². The summed E-state index contributed by atoms with van der Waals surface area (Å²) in [4.78, 5) is 2.55. The van der Waals surface area contributed by atoms with E-state index in [1.54, 1.807) is 0 Å². The molecule has 0 aliphatic carbocycles. The van der Waals surface area contributed by atoms with Gasteiger partial charge in [-0.3, -0.25) is 4.90 Å². The Kier molecular flexibility index (Phi) is 3.22. The minimum absolute atomic E-state index is 0.564. The molecule has 1 heteroatoms. The van der Waals surface area contributed by atoms with Crippen LogP contribution in [0.15, 0.2) is 42.5 Å². The molecule has 1 aromatic rings. The zero-order chi connectivity index (χ0) is 10.7. The van der Waals surface area contributed by atoms with E-state index >= 15 is 0 Å². The van der Waals surface area contributed by atoms with Gasteiger partial charge in [0.1, 0.15) is 0 Å². The van der Waals surface area contributed by atoms with Crippen LogP contribution in [0.4, 0.5) is 0 Å². The standard InChI is InChI=1S/C14H19N/c1-12-7-6-8-13(2)15(12)11-14-9-4-3-5-10-14/h3-7,9-10,12-13H,8,11H2,1-2H3/t12-,13+/m0/s1. The molecule has 1 aromatic carbocycles. The number of hydrogen-bond donors (Lipinski definition) is 0. The molecule has 1 nitrogen and oxygen atoms in total. The van der Waals surface area contributed by atoms with Gasteiger partial charge in [0.2, 0.25) is 0 Å².